The number of hydrogen-bond acceptors (Lipinski definition) is 7. The molecule has 1 saturated heterocycles. The van der Waals surface area contributed by atoms with E-state index in [9.17, 15) is 4.79 Å². The Hall–Kier alpha value is -3.03. The Morgan fingerprint density at radius 1 is 1.11 bits per heavy atom. The van der Waals surface area contributed by atoms with Crippen molar-refractivity contribution < 1.29 is 13.8 Å². The molecule has 0 unspecified atom stereocenters. The molecular formula is C20H23N5O3. The van der Waals surface area contributed by atoms with Crippen molar-refractivity contribution in [1.29, 1.82) is 0 Å². The first kappa shape index (κ1) is 18.3. The quantitative estimate of drug-likeness (QED) is 0.684. The fraction of sp³-hybridized carbons (Fsp3) is 0.450. The molecule has 4 heterocycles. The van der Waals surface area contributed by atoms with Crippen molar-refractivity contribution in [2.24, 2.45) is 5.92 Å². The van der Waals surface area contributed by atoms with E-state index in [0.717, 1.165) is 53.4 Å². The van der Waals surface area contributed by atoms with E-state index in [1.165, 1.54) is 0 Å². The van der Waals surface area contributed by atoms with Gasteiger partial charge in [0.2, 0.25) is 5.76 Å². The van der Waals surface area contributed by atoms with Gasteiger partial charge in [0.15, 0.2) is 0 Å². The molecule has 1 aliphatic heterocycles. The Labute approximate surface area is 162 Å². The smallest absolute Gasteiger partial charge is 0.292 e. The normalized spacial score (nSPS) is 15.2. The first-order valence-corrected chi connectivity index (χ1v) is 9.48. The van der Waals surface area contributed by atoms with Gasteiger partial charge in [-0.3, -0.25) is 4.79 Å². The topological polar surface area (TPSA) is 98.2 Å². The van der Waals surface area contributed by atoms with Crippen LogP contribution in [0.1, 0.15) is 46.2 Å². The molecular weight excluding hydrogens is 358 g/mol. The summed E-state index contributed by atoms with van der Waals surface area (Å²) < 4.78 is 10.4. The zero-order chi connectivity index (χ0) is 19.7. The molecule has 0 radical (unpaired) electrons. The SMILES string of the molecule is Cc1cc(C(=O)N2CCC(Cc3cc(-c4c(C)noc4C)ncn3)CC2)on1. The molecule has 4 rings (SSSR count). The average Bonchev–Trinajstić information content (AvgIpc) is 3.27. The van der Waals surface area contributed by atoms with Crippen molar-refractivity contribution in [3.05, 3.63) is 47.1 Å². The summed E-state index contributed by atoms with van der Waals surface area (Å²) in [7, 11) is 0. The highest BCUT2D eigenvalue weighted by molar-refractivity contribution is 5.91. The van der Waals surface area contributed by atoms with E-state index in [0.29, 0.717) is 24.8 Å². The average molecular weight is 381 g/mol. The second kappa shape index (κ2) is 7.53. The van der Waals surface area contributed by atoms with E-state index in [1.807, 2.05) is 31.7 Å². The van der Waals surface area contributed by atoms with Gasteiger partial charge >= 0.3 is 0 Å². The van der Waals surface area contributed by atoms with Gasteiger partial charge in [0.25, 0.3) is 5.91 Å². The Bertz CT molecular complexity index is 966. The van der Waals surface area contributed by atoms with Gasteiger partial charge in [-0.2, -0.15) is 0 Å². The lowest BCUT2D eigenvalue weighted by atomic mass is 9.91. The molecule has 0 aliphatic carbocycles. The van der Waals surface area contributed by atoms with E-state index < -0.39 is 0 Å². The van der Waals surface area contributed by atoms with Gasteiger partial charge in [0, 0.05) is 24.8 Å². The number of carbonyl (C=O) groups excluding carboxylic acids is 1. The Morgan fingerprint density at radius 2 is 1.89 bits per heavy atom. The third kappa shape index (κ3) is 3.67. The lowest BCUT2D eigenvalue weighted by Gasteiger charge is -2.31. The van der Waals surface area contributed by atoms with Crippen molar-refractivity contribution >= 4 is 5.91 Å². The van der Waals surface area contributed by atoms with Crippen molar-refractivity contribution in [3.63, 3.8) is 0 Å². The summed E-state index contributed by atoms with van der Waals surface area (Å²) in [6, 6.07) is 3.70. The van der Waals surface area contributed by atoms with Crippen molar-refractivity contribution in [2.45, 2.75) is 40.0 Å². The highest BCUT2D eigenvalue weighted by Crippen LogP contribution is 2.27. The molecule has 8 heteroatoms. The summed E-state index contributed by atoms with van der Waals surface area (Å²) in [4.78, 5) is 23.1. The molecule has 146 valence electrons. The van der Waals surface area contributed by atoms with Gasteiger partial charge in [-0.25, -0.2) is 9.97 Å². The summed E-state index contributed by atoms with van der Waals surface area (Å²) in [6.07, 6.45) is 4.33. The Balaban J connectivity index is 1.39. The third-order valence-corrected chi connectivity index (χ3v) is 5.25. The summed E-state index contributed by atoms with van der Waals surface area (Å²) in [5.74, 6) is 1.47. The van der Waals surface area contributed by atoms with Crippen LogP contribution in [0.15, 0.2) is 27.5 Å². The van der Waals surface area contributed by atoms with E-state index in [4.69, 9.17) is 9.05 Å². The zero-order valence-corrected chi connectivity index (χ0v) is 16.3. The van der Waals surface area contributed by atoms with Gasteiger partial charge in [0.1, 0.15) is 12.1 Å². The molecule has 0 aromatic carbocycles. The minimum absolute atomic E-state index is 0.0817. The molecule has 0 bridgehead atoms. The summed E-state index contributed by atoms with van der Waals surface area (Å²) in [5.41, 5.74) is 4.33. The molecule has 3 aromatic rings. The fourth-order valence-corrected chi connectivity index (χ4v) is 3.75. The predicted octanol–water partition coefficient (Wildman–Crippen LogP) is 3.14. The maximum absolute atomic E-state index is 12.5. The lowest BCUT2D eigenvalue weighted by molar-refractivity contribution is 0.0648. The van der Waals surface area contributed by atoms with Crippen LogP contribution >= 0.6 is 0 Å². The summed E-state index contributed by atoms with van der Waals surface area (Å²) >= 11 is 0. The third-order valence-electron chi connectivity index (χ3n) is 5.25. The number of aryl methyl sites for hydroxylation is 3. The molecule has 1 aliphatic rings. The number of rotatable bonds is 4. The van der Waals surface area contributed by atoms with E-state index >= 15 is 0 Å². The van der Waals surface area contributed by atoms with Crippen LogP contribution in [0, 0.1) is 26.7 Å². The van der Waals surface area contributed by atoms with E-state index in [2.05, 4.69) is 20.3 Å². The largest absolute Gasteiger partial charge is 0.361 e. The maximum atomic E-state index is 12.5. The molecule has 0 spiro atoms. The second-order valence-electron chi connectivity index (χ2n) is 7.37. The second-order valence-corrected chi connectivity index (χ2v) is 7.37. The van der Waals surface area contributed by atoms with Gasteiger partial charge in [0.05, 0.1) is 22.6 Å². The molecule has 28 heavy (non-hydrogen) atoms. The fourth-order valence-electron chi connectivity index (χ4n) is 3.75. The Kier molecular flexibility index (Phi) is 4.93. The lowest BCUT2D eigenvalue weighted by Crippen LogP contribution is -2.38. The van der Waals surface area contributed by atoms with Crippen molar-refractivity contribution in [3.8, 4) is 11.3 Å². The number of aromatic nitrogens is 4. The number of hydrogen-bond donors (Lipinski definition) is 0. The van der Waals surface area contributed by atoms with Crippen LogP contribution in [0.25, 0.3) is 11.3 Å². The Morgan fingerprint density at radius 3 is 2.54 bits per heavy atom. The molecule has 0 saturated carbocycles. The molecule has 1 fully saturated rings. The molecule has 3 aromatic heterocycles. The van der Waals surface area contributed by atoms with E-state index in [-0.39, 0.29) is 5.91 Å². The molecule has 8 nitrogen and oxygen atoms in total. The number of carbonyl (C=O) groups is 1. The van der Waals surface area contributed by atoms with Crippen molar-refractivity contribution in [1.82, 2.24) is 25.2 Å². The standard InChI is InChI=1S/C20H23N5O3/c1-12-8-18(28-23-12)20(26)25-6-4-15(5-7-25)9-16-10-17(22-11-21-16)19-13(2)24-27-14(19)3/h8,10-11,15H,4-7,9H2,1-3H3. The number of nitrogens with zero attached hydrogens (tertiary/aromatic N) is 5. The van der Waals surface area contributed by atoms with E-state index in [1.54, 1.807) is 12.4 Å². The molecule has 0 N–H and O–H groups in total. The van der Waals surface area contributed by atoms with Gasteiger partial charge in [-0.05, 0) is 52.0 Å². The van der Waals surface area contributed by atoms with Crippen LogP contribution < -0.4 is 0 Å². The van der Waals surface area contributed by atoms with Gasteiger partial charge in [-0.1, -0.05) is 10.3 Å². The van der Waals surface area contributed by atoms with Crippen LogP contribution in [-0.2, 0) is 6.42 Å². The highest BCUT2D eigenvalue weighted by atomic mass is 16.5. The predicted molar refractivity (Wildman–Crippen MR) is 101 cm³/mol. The minimum Gasteiger partial charge on any atom is -0.361 e. The minimum atomic E-state index is -0.0817. The molecule has 0 atom stereocenters. The first-order valence-electron chi connectivity index (χ1n) is 9.48. The summed E-state index contributed by atoms with van der Waals surface area (Å²) in [6.45, 7) is 7.04. The van der Waals surface area contributed by atoms with Crippen LogP contribution in [0.4, 0.5) is 0 Å². The highest BCUT2D eigenvalue weighted by Gasteiger charge is 2.26. The van der Waals surface area contributed by atoms with Crippen LogP contribution in [0.2, 0.25) is 0 Å². The zero-order valence-electron chi connectivity index (χ0n) is 16.3. The number of amides is 1. The van der Waals surface area contributed by atoms with Crippen molar-refractivity contribution in [2.75, 3.05) is 13.1 Å². The van der Waals surface area contributed by atoms with Gasteiger partial charge < -0.3 is 13.9 Å². The number of likely N-dealkylation sites (tertiary alicyclic amines) is 1. The van der Waals surface area contributed by atoms with Crippen LogP contribution in [0.5, 0.6) is 0 Å². The van der Waals surface area contributed by atoms with Gasteiger partial charge in [-0.15, -0.1) is 0 Å². The molecule has 1 amide bonds. The van der Waals surface area contributed by atoms with Crippen LogP contribution in [-0.4, -0.2) is 44.2 Å². The first-order chi connectivity index (χ1) is 13.5. The number of piperidine rings is 1. The van der Waals surface area contributed by atoms with Crippen LogP contribution in [0.3, 0.4) is 0 Å². The monoisotopic (exact) mass is 381 g/mol. The maximum Gasteiger partial charge on any atom is 0.292 e. The summed E-state index contributed by atoms with van der Waals surface area (Å²) in [5, 5.41) is 7.80.